The molecule has 0 saturated heterocycles. The Morgan fingerprint density at radius 1 is 0.905 bits per heavy atom. The van der Waals surface area contributed by atoms with Crippen LogP contribution in [0.2, 0.25) is 0 Å². The Kier molecular flexibility index (Phi) is 3.12. The molecule has 0 spiro atoms. The van der Waals surface area contributed by atoms with E-state index in [2.05, 4.69) is 0 Å². The van der Waals surface area contributed by atoms with Gasteiger partial charge in [0.05, 0.1) is 5.56 Å². The number of aliphatic hydroxyl groups excluding tert-OH is 2. The average Bonchev–Trinajstić information content (AvgIpc) is 2.43. The molecule has 0 saturated carbocycles. The molecule has 6 heteroatoms. The van der Waals surface area contributed by atoms with E-state index in [1.165, 1.54) is 18.2 Å². The molecule has 6 nitrogen and oxygen atoms in total. The first-order chi connectivity index (χ1) is 9.99. The predicted octanol–water partition coefficient (Wildman–Crippen LogP) is 1.33. The first-order valence-corrected chi connectivity index (χ1v) is 6.35. The van der Waals surface area contributed by atoms with Crippen LogP contribution in [0.25, 0.3) is 0 Å². The minimum Gasteiger partial charge on any atom is -0.508 e. The summed E-state index contributed by atoms with van der Waals surface area (Å²) in [7, 11) is 0. The minimum absolute atomic E-state index is 0.111. The smallest absolute Gasteiger partial charge is 0.156 e. The third-order valence-corrected chi connectivity index (χ3v) is 3.55. The first-order valence-electron chi connectivity index (χ1n) is 6.35. The van der Waals surface area contributed by atoms with Crippen molar-refractivity contribution in [1.82, 2.24) is 0 Å². The Morgan fingerprint density at radius 2 is 1.67 bits per heavy atom. The number of benzene rings is 2. The van der Waals surface area contributed by atoms with Gasteiger partial charge in [-0.15, -0.1) is 0 Å². The minimum atomic E-state index is -1.37. The van der Waals surface area contributed by atoms with E-state index in [0.29, 0.717) is 0 Å². The molecule has 0 unspecified atom stereocenters. The lowest BCUT2D eigenvalue weighted by Gasteiger charge is -2.34. The molecular formula is C15H14O6. The van der Waals surface area contributed by atoms with E-state index in [4.69, 9.17) is 4.74 Å². The van der Waals surface area contributed by atoms with Crippen LogP contribution >= 0.6 is 0 Å². The fraction of sp³-hybridized carbons (Fsp3) is 0.200. The predicted molar refractivity (Wildman–Crippen MR) is 72.2 cm³/mol. The van der Waals surface area contributed by atoms with Gasteiger partial charge >= 0.3 is 0 Å². The van der Waals surface area contributed by atoms with Crippen molar-refractivity contribution < 1.29 is 30.3 Å². The number of hydrogen-bond donors (Lipinski definition) is 5. The van der Waals surface area contributed by atoms with Gasteiger partial charge in [0.25, 0.3) is 0 Å². The molecule has 0 aromatic heterocycles. The summed E-state index contributed by atoms with van der Waals surface area (Å²) in [5.74, 6) is -0.326. The number of phenols is 3. The lowest BCUT2D eigenvalue weighted by molar-refractivity contribution is -0.0715. The standard InChI is InChI=1S/C15H14O6/c16-7-4-5-8(10(18)6-7)15-14(20)13(19)12-9(17)2-1-3-11(12)21-15/h1-6,13-20H/t13-,14+,15+/m0/s1. The summed E-state index contributed by atoms with van der Waals surface area (Å²) in [4.78, 5) is 0. The van der Waals surface area contributed by atoms with Gasteiger partial charge in [0.2, 0.25) is 0 Å². The zero-order chi connectivity index (χ0) is 15.1. The fourth-order valence-corrected chi connectivity index (χ4v) is 2.50. The van der Waals surface area contributed by atoms with Crippen molar-refractivity contribution in [3.05, 3.63) is 47.5 Å². The average molecular weight is 290 g/mol. The van der Waals surface area contributed by atoms with E-state index >= 15 is 0 Å². The molecule has 2 aromatic carbocycles. The number of phenolic OH excluding ortho intramolecular Hbond substituents is 3. The Morgan fingerprint density at radius 3 is 2.38 bits per heavy atom. The van der Waals surface area contributed by atoms with Crippen molar-refractivity contribution in [2.24, 2.45) is 0 Å². The molecule has 1 heterocycles. The highest BCUT2D eigenvalue weighted by Gasteiger charge is 2.39. The second-order valence-corrected chi connectivity index (χ2v) is 4.91. The Labute approximate surface area is 120 Å². The molecule has 21 heavy (non-hydrogen) atoms. The molecule has 1 aliphatic heterocycles. The molecule has 0 aliphatic carbocycles. The van der Waals surface area contributed by atoms with Crippen LogP contribution in [0.5, 0.6) is 23.0 Å². The molecule has 0 radical (unpaired) electrons. The number of fused-ring (bicyclic) bond motifs is 1. The van der Waals surface area contributed by atoms with Gasteiger partial charge in [-0.1, -0.05) is 6.07 Å². The normalized spacial score (nSPS) is 24.2. The van der Waals surface area contributed by atoms with Crippen LogP contribution in [0.3, 0.4) is 0 Å². The van der Waals surface area contributed by atoms with Crippen LogP contribution in [0.4, 0.5) is 0 Å². The number of aliphatic hydroxyl groups is 2. The Balaban J connectivity index is 2.06. The van der Waals surface area contributed by atoms with Crippen molar-refractivity contribution in [1.29, 1.82) is 0 Å². The maximum Gasteiger partial charge on any atom is 0.156 e. The first kappa shape index (κ1) is 13.5. The van der Waals surface area contributed by atoms with Gasteiger partial charge in [-0.25, -0.2) is 0 Å². The summed E-state index contributed by atoms with van der Waals surface area (Å²) in [5.41, 5.74) is 0.341. The van der Waals surface area contributed by atoms with E-state index in [1.54, 1.807) is 12.1 Å². The zero-order valence-electron chi connectivity index (χ0n) is 10.8. The van der Waals surface area contributed by atoms with Crippen molar-refractivity contribution in [2.75, 3.05) is 0 Å². The molecule has 1 aliphatic rings. The fourth-order valence-electron chi connectivity index (χ4n) is 2.50. The molecule has 3 atom stereocenters. The summed E-state index contributed by atoms with van der Waals surface area (Å²) < 4.78 is 5.59. The monoisotopic (exact) mass is 290 g/mol. The highest BCUT2D eigenvalue weighted by Crippen LogP contribution is 2.46. The summed E-state index contributed by atoms with van der Waals surface area (Å²) in [6.45, 7) is 0. The van der Waals surface area contributed by atoms with Gasteiger partial charge in [-0.2, -0.15) is 0 Å². The molecule has 0 bridgehead atoms. The number of rotatable bonds is 1. The Bertz CT molecular complexity index is 684. The number of aromatic hydroxyl groups is 3. The lowest BCUT2D eigenvalue weighted by Crippen LogP contribution is -2.34. The van der Waals surface area contributed by atoms with Crippen LogP contribution in [-0.2, 0) is 0 Å². The summed E-state index contributed by atoms with van der Waals surface area (Å²) in [6, 6.07) is 8.35. The molecule has 3 rings (SSSR count). The second kappa shape index (κ2) is 4.83. The second-order valence-electron chi connectivity index (χ2n) is 4.91. The molecule has 110 valence electrons. The van der Waals surface area contributed by atoms with Gasteiger partial charge in [-0.3, -0.25) is 0 Å². The van der Waals surface area contributed by atoms with Gasteiger partial charge in [0.1, 0.15) is 35.2 Å². The van der Waals surface area contributed by atoms with E-state index in [-0.39, 0.29) is 34.1 Å². The summed E-state index contributed by atoms with van der Waals surface area (Å²) in [5, 5.41) is 49.3. The van der Waals surface area contributed by atoms with Gasteiger partial charge in [0, 0.05) is 11.6 Å². The van der Waals surface area contributed by atoms with Crippen molar-refractivity contribution >= 4 is 0 Å². The van der Waals surface area contributed by atoms with Gasteiger partial charge in [-0.05, 0) is 24.3 Å². The molecule has 0 amide bonds. The third-order valence-electron chi connectivity index (χ3n) is 3.55. The van der Waals surface area contributed by atoms with Crippen LogP contribution in [-0.4, -0.2) is 31.6 Å². The molecule has 0 fully saturated rings. The highest BCUT2D eigenvalue weighted by molar-refractivity contribution is 5.49. The lowest BCUT2D eigenvalue weighted by atomic mass is 9.91. The molecule has 5 N–H and O–H groups in total. The van der Waals surface area contributed by atoms with Gasteiger partial charge in [0.15, 0.2) is 6.10 Å². The SMILES string of the molecule is Oc1ccc([C@H]2Oc3cccc(O)c3[C@H](O)[C@H]2O)c(O)c1. The summed E-state index contributed by atoms with van der Waals surface area (Å²) >= 11 is 0. The maximum absolute atomic E-state index is 10.2. The van der Waals surface area contributed by atoms with E-state index in [9.17, 15) is 25.5 Å². The quantitative estimate of drug-likeness (QED) is 0.542. The Hall–Kier alpha value is -2.44. The number of ether oxygens (including phenoxy) is 1. The van der Waals surface area contributed by atoms with Crippen LogP contribution in [0.15, 0.2) is 36.4 Å². The number of hydrogen-bond acceptors (Lipinski definition) is 6. The topological polar surface area (TPSA) is 110 Å². The van der Waals surface area contributed by atoms with E-state index in [0.717, 1.165) is 6.07 Å². The van der Waals surface area contributed by atoms with Crippen molar-refractivity contribution in [3.8, 4) is 23.0 Å². The molecule has 2 aromatic rings. The summed E-state index contributed by atoms with van der Waals surface area (Å²) in [6.07, 6.45) is -3.75. The molecular weight excluding hydrogens is 276 g/mol. The zero-order valence-corrected chi connectivity index (χ0v) is 10.8. The van der Waals surface area contributed by atoms with Crippen molar-refractivity contribution in [3.63, 3.8) is 0 Å². The van der Waals surface area contributed by atoms with E-state index < -0.39 is 18.3 Å². The van der Waals surface area contributed by atoms with Crippen LogP contribution in [0.1, 0.15) is 23.3 Å². The van der Waals surface area contributed by atoms with Crippen molar-refractivity contribution in [2.45, 2.75) is 18.3 Å². The maximum atomic E-state index is 10.2. The van der Waals surface area contributed by atoms with Crippen LogP contribution < -0.4 is 4.74 Å². The third kappa shape index (κ3) is 2.14. The van der Waals surface area contributed by atoms with Crippen LogP contribution in [0, 0.1) is 0 Å². The van der Waals surface area contributed by atoms with Gasteiger partial charge < -0.3 is 30.3 Å². The highest BCUT2D eigenvalue weighted by atomic mass is 16.5. The van der Waals surface area contributed by atoms with E-state index in [1.807, 2.05) is 0 Å². The largest absolute Gasteiger partial charge is 0.508 e.